The van der Waals surface area contributed by atoms with E-state index in [1.54, 1.807) is 0 Å². The number of fused-ring (bicyclic) bond motifs is 1. The molecular formula is C29H35F3N4O2. The van der Waals surface area contributed by atoms with E-state index in [1.165, 1.54) is 0 Å². The van der Waals surface area contributed by atoms with Crippen LogP contribution in [0.1, 0.15) is 43.0 Å². The number of alkyl halides is 3. The molecule has 2 aromatic carbocycles. The quantitative estimate of drug-likeness (QED) is 0.279. The number of halogens is 3. The van der Waals surface area contributed by atoms with Gasteiger partial charge in [0, 0.05) is 37.8 Å². The molecule has 2 heterocycles. The minimum absolute atomic E-state index is 0.0509. The van der Waals surface area contributed by atoms with Gasteiger partial charge in [-0.15, -0.1) is 0 Å². The highest BCUT2D eigenvalue weighted by Crippen LogP contribution is 2.49. The molecule has 9 heteroatoms. The SMILES string of the molecule is CN(CCOCCF)c1ccc2nc(C3(F)CC3)nc(N3CCC(c4ccccc4OCCF)CC3)c2c1. The predicted octanol–water partition coefficient (Wildman–Crippen LogP) is 5.74. The van der Waals surface area contributed by atoms with E-state index in [0.29, 0.717) is 26.0 Å². The molecule has 6 nitrogen and oxygen atoms in total. The van der Waals surface area contributed by atoms with Crippen molar-refractivity contribution in [3.63, 3.8) is 0 Å². The molecule has 3 aromatic rings. The number of benzene rings is 2. The average Bonchev–Trinajstić information content (AvgIpc) is 3.72. The van der Waals surface area contributed by atoms with Gasteiger partial charge in [0.2, 0.25) is 0 Å². The largest absolute Gasteiger partial charge is 0.491 e. The second-order valence-corrected chi connectivity index (χ2v) is 10.1. The Bertz CT molecular complexity index is 1230. The third kappa shape index (κ3) is 5.82. The van der Waals surface area contributed by atoms with E-state index in [0.717, 1.165) is 59.7 Å². The van der Waals surface area contributed by atoms with Crippen LogP contribution in [0.25, 0.3) is 10.9 Å². The van der Waals surface area contributed by atoms with Crippen LogP contribution in [0.5, 0.6) is 5.75 Å². The zero-order valence-electron chi connectivity index (χ0n) is 21.8. The van der Waals surface area contributed by atoms with Crippen molar-refractivity contribution < 1.29 is 22.6 Å². The van der Waals surface area contributed by atoms with Gasteiger partial charge in [0.25, 0.3) is 0 Å². The lowest BCUT2D eigenvalue weighted by Crippen LogP contribution is -2.34. The summed E-state index contributed by atoms with van der Waals surface area (Å²) < 4.78 is 51.1. The fraction of sp³-hybridized carbons (Fsp3) is 0.517. The highest BCUT2D eigenvalue weighted by atomic mass is 19.1. The van der Waals surface area contributed by atoms with Crippen molar-refractivity contribution in [2.45, 2.75) is 37.3 Å². The maximum Gasteiger partial charge on any atom is 0.170 e. The van der Waals surface area contributed by atoms with E-state index in [-0.39, 0.29) is 25.0 Å². The maximum atomic E-state index is 15.1. The van der Waals surface area contributed by atoms with Gasteiger partial charge in [-0.2, -0.15) is 0 Å². The second kappa shape index (κ2) is 11.8. The number of hydrogen-bond acceptors (Lipinski definition) is 6. The Balaban J connectivity index is 1.39. The summed E-state index contributed by atoms with van der Waals surface area (Å²) in [5, 5.41) is 0.886. The van der Waals surface area contributed by atoms with Crippen molar-refractivity contribution in [3.8, 4) is 5.75 Å². The van der Waals surface area contributed by atoms with Gasteiger partial charge in [0.1, 0.15) is 31.5 Å². The van der Waals surface area contributed by atoms with Crippen LogP contribution in [-0.2, 0) is 10.4 Å². The molecule has 0 spiro atoms. The lowest BCUT2D eigenvalue weighted by atomic mass is 9.88. The van der Waals surface area contributed by atoms with Crippen molar-refractivity contribution in [2.24, 2.45) is 0 Å². The molecule has 0 bridgehead atoms. The van der Waals surface area contributed by atoms with E-state index >= 15 is 4.39 Å². The molecule has 38 heavy (non-hydrogen) atoms. The molecular weight excluding hydrogens is 493 g/mol. The number of piperidine rings is 1. The molecule has 5 rings (SSSR count). The molecule has 0 unspecified atom stereocenters. The van der Waals surface area contributed by atoms with Crippen molar-refractivity contribution >= 4 is 22.4 Å². The fourth-order valence-electron chi connectivity index (χ4n) is 5.10. The van der Waals surface area contributed by atoms with E-state index in [9.17, 15) is 8.78 Å². The number of hydrogen-bond donors (Lipinski definition) is 0. The number of ether oxygens (including phenoxy) is 2. The van der Waals surface area contributed by atoms with E-state index in [1.807, 2.05) is 48.3 Å². The molecule has 2 fully saturated rings. The summed E-state index contributed by atoms with van der Waals surface area (Å²) in [7, 11) is 1.96. The van der Waals surface area contributed by atoms with Crippen LogP contribution in [0.2, 0.25) is 0 Å². The summed E-state index contributed by atoms with van der Waals surface area (Å²) in [5.74, 6) is 2.07. The van der Waals surface area contributed by atoms with Crippen molar-refractivity contribution in [1.82, 2.24) is 9.97 Å². The summed E-state index contributed by atoms with van der Waals surface area (Å²) in [4.78, 5) is 13.7. The Morgan fingerprint density at radius 3 is 2.50 bits per heavy atom. The maximum absolute atomic E-state index is 15.1. The van der Waals surface area contributed by atoms with Gasteiger partial charge in [-0.25, -0.2) is 23.1 Å². The van der Waals surface area contributed by atoms with Gasteiger partial charge >= 0.3 is 0 Å². The Kier molecular flexibility index (Phi) is 8.21. The van der Waals surface area contributed by atoms with Gasteiger partial charge in [-0.05, 0) is 61.4 Å². The van der Waals surface area contributed by atoms with Crippen LogP contribution < -0.4 is 14.5 Å². The first-order valence-corrected chi connectivity index (χ1v) is 13.4. The molecule has 1 saturated carbocycles. The van der Waals surface area contributed by atoms with E-state index < -0.39 is 19.0 Å². The first-order valence-electron chi connectivity index (χ1n) is 13.4. The Labute approximate surface area is 221 Å². The Morgan fingerprint density at radius 2 is 1.76 bits per heavy atom. The van der Waals surface area contributed by atoms with Crippen LogP contribution in [-0.4, -0.2) is 69.8 Å². The minimum Gasteiger partial charge on any atom is -0.491 e. The monoisotopic (exact) mass is 528 g/mol. The fourth-order valence-corrected chi connectivity index (χ4v) is 5.10. The third-order valence-corrected chi connectivity index (χ3v) is 7.47. The summed E-state index contributed by atoms with van der Waals surface area (Å²) in [6.07, 6.45) is 2.66. The molecule has 0 N–H and O–H groups in total. The number of likely N-dealkylation sites (N-methyl/N-ethyl adjacent to an activating group) is 1. The standard InChI is InChI=1S/C29H35F3N4O2/c1-35(16-19-37-17-12-30)22-6-7-25-24(20-22)27(34-28(33-25)29(32)10-11-29)36-14-8-21(9-15-36)23-4-2-3-5-26(23)38-18-13-31/h2-7,20-21H,8-19H2,1H3. The molecule has 1 aliphatic heterocycles. The topological polar surface area (TPSA) is 50.7 Å². The van der Waals surface area contributed by atoms with Crippen LogP contribution in [0.15, 0.2) is 42.5 Å². The number of aromatic nitrogens is 2. The van der Waals surface area contributed by atoms with Crippen LogP contribution in [0.4, 0.5) is 24.7 Å². The highest BCUT2D eigenvalue weighted by molar-refractivity contribution is 5.92. The number of para-hydroxylation sites is 1. The normalized spacial score (nSPS) is 17.1. The molecule has 2 aliphatic rings. The molecule has 1 saturated heterocycles. The Morgan fingerprint density at radius 1 is 1.00 bits per heavy atom. The smallest absolute Gasteiger partial charge is 0.170 e. The highest BCUT2D eigenvalue weighted by Gasteiger charge is 2.48. The first kappa shape index (κ1) is 26.5. The van der Waals surface area contributed by atoms with Crippen molar-refractivity contribution in [1.29, 1.82) is 0 Å². The van der Waals surface area contributed by atoms with Gasteiger partial charge in [-0.3, -0.25) is 0 Å². The lowest BCUT2D eigenvalue weighted by Gasteiger charge is -2.34. The molecule has 1 aliphatic carbocycles. The average molecular weight is 529 g/mol. The first-order chi connectivity index (χ1) is 18.5. The predicted molar refractivity (Wildman–Crippen MR) is 144 cm³/mol. The van der Waals surface area contributed by atoms with Crippen LogP contribution in [0, 0.1) is 0 Å². The molecule has 1 aromatic heterocycles. The summed E-state index contributed by atoms with van der Waals surface area (Å²) in [5.41, 5.74) is 1.37. The Hall–Kier alpha value is -3.07. The van der Waals surface area contributed by atoms with E-state index in [4.69, 9.17) is 14.5 Å². The number of rotatable bonds is 12. The van der Waals surface area contributed by atoms with Crippen LogP contribution >= 0.6 is 0 Å². The minimum atomic E-state index is -1.43. The third-order valence-electron chi connectivity index (χ3n) is 7.47. The van der Waals surface area contributed by atoms with E-state index in [2.05, 4.69) is 16.0 Å². The zero-order valence-corrected chi connectivity index (χ0v) is 21.8. The molecule has 0 amide bonds. The van der Waals surface area contributed by atoms with Gasteiger partial charge in [0.05, 0.1) is 18.7 Å². The summed E-state index contributed by atoms with van der Waals surface area (Å²) in [6, 6.07) is 13.8. The van der Waals surface area contributed by atoms with Crippen LogP contribution in [0.3, 0.4) is 0 Å². The lowest BCUT2D eigenvalue weighted by molar-refractivity contribution is 0.125. The number of anilines is 2. The van der Waals surface area contributed by atoms with Gasteiger partial charge in [-0.1, -0.05) is 18.2 Å². The summed E-state index contributed by atoms with van der Waals surface area (Å²) in [6.45, 7) is 1.68. The molecule has 204 valence electrons. The molecule has 0 radical (unpaired) electrons. The number of nitrogens with zero attached hydrogens (tertiary/aromatic N) is 4. The van der Waals surface area contributed by atoms with Crippen molar-refractivity contribution in [3.05, 3.63) is 53.9 Å². The van der Waals surface area contributed by atoms with Gasteiger partial charge < -0.3 is 19.3 Å². The summed E-state index contributed by atoms with van der Waals surface area (Å²) >= 11 is 0. The van der Waals surface area contributed by atoms with Crippen molar-refractivity contribution in [2.75, 3.05) is 69.7 Å². The zero-order chi connectivity index (χ0) is 26.5. The van der Waals surface area contributed by atoms with Gasteiger partial charge in [0.15, 0.2) is 11.5 Å². The molecule has 0 atom stereocenters. The second-order valence-electron chi connectivity index (χ2n) is 10.1.